The number of carboxylic acids is 1. The number of aromatic carboxylic acids is 1. The number of benzene rings is 2. The van der Waals surface area contributed by atoms with Crippen LogP contribution in [0.4, 0.5) is 5.69 Å². The number of carboxylic acid groups (broad SMARTS) is 1. The van der Waals surface area contributed by atoms with Gasteiger partial charge in [-0.15, -0.1) is 0 Å². The molecule has 10 nitrogen and oxygen atoms in total. The number of hydrogen-bond donors (Lipinski definition) is 5. The minimum absolute atomic E-state index is 0.0956. The zero-order valence-corrected chi connectivity index (χ0v) is 18.2. The molecule has 11 heteroatoms. The Morgan fingerprint density at radius 3 is 2.47 bits per heavy atom. The molecule has 2 unspecified atom stereocenters. The summed E-state index contributed by atoms with van der Waals surface area (Å²) in [5, 5.41) is 39.5. The molecule has 0 saturated carbocycles. The third-order valence-corrected chi connectivity index (χ3v) is 5.75. The monoisotopic (exact) mass is 467 g/mol. The van der Waals surface area contributed by atoms with Crippen LogP contribution in [0.1, 0.15) is 17.3 Å². The average molecular weight is 467 g/mol. The number of rotatable bonds is 7. The Morgan fingerprint density at radius 1 is 1.16 bits per heavy atom. The Bertz CT molecular complexity index is 1090. The molecule has 0 radical (unpaired) electrons. The Hall–Kier alpha value is -2.70. The largest absolute Gasteiger partial charge is 0.478 e. The molecule has 1 saturated heterocycles. The van der Waals surface area contributed by atoms with E-state index in [9.17, 15) is 33.6 Å². The van der Waals surface area contributed by atoms with Crippen molar-refractivity contribution in [2.75, 3.05) is 17.6 Å². The number of sulfonamides is 1. The molecule has 5 N–H and O–H groups in total. The number of ether oxygens (including phenoxy) is 2. The fourth-order valence-electron chi connectivity index (χ4n) is 3.54. The van der Waals surface area contributed by atoms with Crippen LogP contribution < -0.4 is 9.46 Å². The highest BCUT2D eigenvalue weighted by Crippen LogP contribution is 2.37. The van der Waals surface area contributed by atoms with Crippen molar-refractivity contribution in [2.24, 2.45) is 5.92 Å². The molecular weight excluding hydrogens is 442 g/mol. The van der Waals surface area contributed by atoms with Crippen molar-refractivity contribution >= 4 is 21.7 Å². The summed E-state index contributed by atoms with van der Waals surface area (Å²) in [7, 11) is -3.56. The second-order valence-corrected chi connectivity index (χ2v) is 9.37. The normalized spacial score (nSPS) is 25.8. The van der Waals surface area contributed by atoms with E-state index >= 15 is 0 Å². The number of aliphatic hydroxyl groups is 3. The van der Waals surface area contributed by atoms with Gasteiger partial charge in [0.2, 0.25) is 16.3 Å². The van der Waals surface area contributed by atoms with Crippen LogP contribution in [0.2, 0.25) is 0 Å². The van der Waals surface area contributed by atoms with Gasteiger partial charge in [0.15, 0.2) is 0 Å². The fourth-order valence-corrected chi connectivity index (χ4v) is 4.09. The first-order valence-corrected chi connectivity index (χ1v) is 11.6. The van der Waals surface area contributed by atoms with Gasteiger partial charge in [-0.3, -0.25) is 4.72 Å². The Kier molecular flexibility index (Phi) is 7.06. The van der Waals surface area contributed by atoms with E-state index < -0.39 is 53.1 Å². The van der Waals surface area contributed by atoms with E-state index in [-0.39, 0.29) is 22.6 Å². The predicted octanol–water partition coefficient (Wildman–Crippen LogP) is 0.877. The van der Waals surface area contributed by atoms with Crippen LogP contribution in [0.5, 0.6) is 5.75 Å². The fraction of sp³-hybridized carbons (Fsp3) is 0.381. The van der Waals surface area contributed by atoms with Crippen LogP contribution in [0.25, 0.3) is 11.1 Å². The number of anilines is 1. The van der Waals surface area contributed by atoms with Crippen molar-refractivity contribution in [1.29, 1.82) is 0 Å². The standard InChI is InChI=1S/C21H25NO9S/c1-11-18(24)19(25)16(10-23)31-21(11)30-15-8-4-7-14(20(26)27)17(15)12-5-3-6-13(9-12)22-32(2,28)29/h3-9,11,16,18-19,21-25H,10H2,1-2H3,(H,26,27)/t11?,16?,18-,19+,21-/m1/s1. The first kappa shape index (κ1) is 24.0. The molecule has 2 aromatic rings. The number of hydrogen-bond acceptors (Lipinski definition) is 8. The zero-order valence-electron chi connectivity index (χ0n) is 17.4. The van der Waals surface area contributed by atoms with Gasteiger partial charge in [0, 0.05) is 17.2 Å². The summed E-state index contributed by atoms with van der Waals surface area (Å²) in [6.07, 6.45) is -3.72. The summed E-state index contributed by atoms with van der Waals surface area (Å²) in [6.45, 7) is 1.04. The molecule has 0 aliphatic carbocycles. The lowest BCUT2D eigenvalue weighted by Gasteiger charge is -2.40. The molecule has 1 aliphatic heterocycles. The molecule has 0 amide bonds. The Morgan fingerprint density at radius 2 is 1.84 bits per heavy atom. The van der Waals surface area contributed by atoms with Crippen LogP contribution in [0.15, 0.2) is 42.5 Å². The third kappa shape index (κ3) is 5.19. The van der Waals surface area contributed by atoms with E-state index in [1.54, 1.807) is 19.1 Å². The molecular formula is C21H25NO9S. The highest BCUT2D eigenvalue weighted by Gasteiger charge is 2.43. The van der Waals surface area contributed by atoms with E-state index in [1.165, 1.54) is 30.3 Å². The summed E-state index contributed by atoms with van der Waals surface area (Å²) < 4.78 is 37.1. The lowest BCUT2D eigenvalue weighted by molar-refractivity contribution is -0.256. The molecule has 1 aliphatic rings. The third-order valence-electron chi connectivity index (χ3n) is 5.14. The molecule has 1 fully saturated rings. The van der Waals surface area contributed by atoms with E-state index in [1.807, 2.05) is 0 Å². The van der Waals surface area contributed by atoms with Gasteiger partial charge in [-0.05, 0) is 29.8 Å². The first-order chi connectivity index (χ1) is 15.0. The SMILES string of the molecule is CC1[C@H](Oc2cccc(C(=O)O)c2-c2cccc(NS(C)(=O)=O)c2)OC(CO)[C@H](O)[C@@H]1O. The second-order valence-electron chi connectivity index (χ2n) is 7.62. The van der Waals surface area contributed by atoms with Crippen molar-refractivity contribution < 1.29 is 43.1 Å². The van der Waals surface area contributed by atoms with Gasteiger partial charge in [-0.2, -0.15) is 0 Å². The number of carbonyl (C=O) groups is 1. The molecule has 32 heavy (non-hydrogen) atoms. The van der Waals surface area contributed by atoms with Crippen LogP contribution >= 0.6 is 0 Å². The zero-order chi connectivity index (χ0) is 23.6. The highest BCUT2D eigenvalue weighted by molar-refractivity contribution is 7.92. The summed E-state index contributed by atoms with van der Waals surface area (Å²) in [5.74, 6) is -1.82. The van der Waals surface area contributed by atoms with Crippen LogP contribution in [-0.4, -0.2) is 72.3 Å². The molecule has 1 heterocycles. The number of aliphatic hydroxyl groups excluding tert-OH is 3. The van der Waals surface area contributed by atoms with E-state index in [2.05, 4.69) is 4.72 Å². The molecule has 2 aromatic carbocycles. The van der Waals surface area contributed by atoms with Gasteiger partial charge in [-0.25, -0.2) is 13.2 Å². The van der Waals surface area contributed by atoms with E-state index in [0.29, 0.717) is 5.56 Å². The maximum Gasteiger partial charge on any atom is 0.336 e. The summed E-state index contributed by atoms with van der Waals surface area (Å²) in [5.41, 5.74) is 0.683. The van der Waals surface area contributed by atoms with Crippen molar-refractivity contribution in [3.05, 3.63) is 48.0 Å². The van der Waals surface area contributed by atoms with Crippen molar-refractivity contribution in [3.8, 4) is 16.9 Å². The molecule has 174 valence electrons. The minimum Gasteiger partial charge on any atom is -0.478 e. The lowest BCUT2D eigenvalue weighted by Crippen LogP contribution is -2.56. The van der Waals surface area contributed by atoms with Crippen molar-refractivity contribution in [1.82, 2.24) is 0 Å². The maximum absolute atomic E-state index is 11.9. The van der Waals surface area contributed by atoms with Crippen molar-refractivity contribution in [2.45, 2.75) is 31.5 Å². The van der Waals surface area contributed by atoms with Gasteiger partial charge in [0.05, 0.1) is 24.5 Å². The summed E-state index contributed by atoms with van der Waals surface area (Å²) in [4.78, 5) is 11.9. The van der Waals surface area contributed by atoms with E-state index in [4.69, 9.17) is 9.47 Å². The summed E-state index contributed by atoms with van der Waals surface area (Å²) >= 11 is 0. The van der Waals surface area contributed by atoms with E-state index in [0.717, 1.165) is 6.26 Å². The molecule has 0 spiro atoms. The smallest absolute Gasteiger partial charge is 0.336 e. The second kappa shape index (κ2) is 9.43. The lowest BCUT2D eigenvalue weighted by atomic mass is 9.92. The topological polar surface area (TPSA) is 163 Å². The Balaban J connectivity index is 2.05. The van der Waals surface area contributed by atoms with Crippen molar-refractivity contribution in [3.63, 3.8) is 0 Å². The quantitative estimate of drug-likeness (QED) is 0.398. The Labute approximate surface area is 185 Å². The van der Waals surface area contributed by atoms with Gasteiger partial charge < -0.3 is 29.9 Å². The predicted molar refractivity (Wildman–Crippen MR) is 115 cm³/mol. The van der Waals surface area contributed by atoms with Crippen LogP contribution in [0.3, 0.4) is 0 Å². The highest BCUT2D eigenvalue weighted by atomic mass is 32.2. The van der Waals surface area contributed by atoms with Gasteiger partial charge in [0.25, 0.3) is 0 Å². The molecule has 5 atom stereocenters. The number of nitrogens with one attached hydrogen (secondary N) is 1. The molecule has 0 bridgehead atoms. The first-order valence-electron chi connectivity index (χ1n) is 9.75. The molecule has 0 aromatic heterocycles. The maximum atomic E-state index is 11.9. The van der Waals surface area contributed by atoms with Crippen LogP contribution in [-0.2, 0) is 14.8 Å². The van der Waals surface area contributed by atoms with Crippen LogP contribution in [0, 0.1) is 5.92 Å². The van der Waals surface area contributed by atoms with Gasteiger partial charge in [-0.1, -0.05) is 25.1 Å². The van der Waals surface area contributed by atoms with Gasteiger partial charge in [0.1, 0.15) is 18.0 Å². The molecule has 3 rings (SSSR count). The summed E-state index contributed by atoms with van der Waals surface area (Å²) in [6, 6.07) is 10.5. The average Bonchev–Trinajstić information content (AvgIpc) is 2.72. The van der Waals surface area contributed by atoms with Gasteiger partial charge >= 0.3 is 5.97 Å². The minimum atomic E-state index is -3.56.